The minimum absolute atomic E-state index is 0.0112. The summed E-state index contributed by atoms with van der Waals surface area (Å²) in [6, 6.07) is 39.6. The highest BCUT2D eigenvalue weighted by molar-refractivity contribution is 7.33. The summed E-state index contributed by atoms with van der Waals surface area (Å²) in [6.45, 7) is 47.9. The molecule has 74 heavy (non-hydrogen) atoms. The van der Waals surface area contributed by atoms with E-state index in [0.717, 1.165) is 30.8 Å². The van der Waals surface area contributed by atoms with Crippen molar-refractivity contribution in [3.05, 3.63) is 142 Å². The molecule has 11 rings (SSSR count). The van der Waals surface area contributed by atoms with Crippen molar-refractivity contribution in [1.82, 2.24) is 4.98 Å². The molecule has 0 unspecified atom stereocenters. The molecule has 5 aromatic carbocycles. The Morgan fingerprint density at radius 3 is 1.58 bits per heavy atom. The summed E-state index contributed by atoms with van der Waals surface area (Å²) in [4.78, 5) is 11.4. The maximum Gasteiger partial charge on any atom is 0.266 e. The zero-order valence-corrected chi connectivity index (χ0v) is 49.7. The molecule has 2 aromatic heterocycles. The number of benzene rings is 5. The second kappa shape index (κ2) is 16.2. The first-order chi connectivity index (χ1) is 34.2. The fraction of sp³-hybridized carbons (Fsp3) is 0.464. The highest BCUT2D eigenvalue weighted by Crippen LogP contribution is 2.55. The predicted molar refractivity (Wildman–Crippen MR) is 324 cm³/mol. The fourth-order valence-electron chi connectivity index (χ4n) is 13.1. The van der Waals surface area contributed by atoms with Crippen molar-refractivity contribution in [3.8, 4) is 11.1 Å². The summed E-state index contributed by atoms with van der Waals surface area (Å²) in [5, 5.41) is 1.31. The molecule has 4 aliphatic rings. The lowest BCUT2D eigenvalue weighted by Gasteiger charge is -2.47. The average Bonchev–Trinajstić information content (AvgIpc) is 3.69. The molecule has 2 aliphatic carbocycles. The Balaban J connectivity index is 1.31. The van der Waals surface area contributed by atoms with Gasteiger partial charge in [0.1, 0.15) is 5.82 Å². The molecule has 384 valence electrons. The van der Waals surface area contributed by atoms with Gasteiger partial charge in [0.2, 0.25) is 0 Å². The zero-order chi connectivity index (χ0) is 53.4. The maximum absolute atomic E-state index is 6.06. The molecule has 2 aliphatic heterocycles. The van der Waals surface area contributed by atoms with Gasteiger partial charge in [-0.3, -0.25) is 4.90 Å². The van der Waals surface area contributed by atoms with Crippen LogP contribution in [0.4, 0.5) is 34.3 Å². The molecule has 0 radical (unpaired) electrons. The third kappa shape index (κ3) is 8.05. The van der Waals surface area contributed by atoms with Crippen LogP contribution in [0, 0.1) is 0 Å². The van der Waals surface area contributed by atoms with Crippen molar-refractivity contribution in [2.45, 2.75) is 207 Å². The molecule has 0 saturated carbocycles. The smallest absolute Gasteiger partial charge is 0.266 e. The second-order valence-electron chi connectivity index (χ2n) is 29.9. The van der Waals surface area contributed by atoms with E-state index >= 15 is 0 Å². The van der Waals surface area contributed by atoms with Crippen molar-refractivity contribution in [1.29, 1.82) is 0 Å². The van der Waals surface area contributed by atoms with Crippen LogP contribution < -0.4 is 25.5 Å². The summed E-state index contributed by atoms with van der Waals surface area (Å²) >= 11 is 2.02. The summed E-state index contributed by atoms with van der Waals surface area (Å²) in [5.74, 6) is 1.06. The van der Waals surface area contributed by atoms with E-state index in [1.807, 2.05) is 11.3 Å². The topological polar surface area (TPSA) is 19.4 Å². The van der Waals surface area contributed by atoms with Gasteiger partial charge in [-0.15, -0.1) is 11.3 Å². The Kier molecular flexibility index (Phi) is 11.2. The zero-order valence-electron chi connectivity index (χ0n) is 48.9. The molecule has 0 fully saturated rings. The Morgan fingerprint density at radius 1 is 0.473 bits per heavy atom. The number of aromatic nitrogens is 1. The lowest BCUT2D eigenvalue weighted by Crippen LogP contribution is -2.61. The molecule has 0 saturated heterocycles. The Morgan fingerprint density at radius 2 is 1.00 bits per heavy atom. The van der Waals surface area contributed by atoms with Gasteiger partial charge in [-0.05, 0) is 161 Å². The SMILES string of the molecule is CC(C)(C)c1ccc(-c2cc(C(C)(C)C)ccc2N2c3cc4c(cc3B3c5sc6cc(C(C)(C)C)ccc6c5N(c5ccc6c(c5)C(C)(C)CCC6(C)C)c5nc(C(C)(C)C)cc2c53)C(C)(C)CCC4(C)C)cc1. The van der Waals surface area contributed by atoms with Crippen molar-refractivity contribution in [2.24, 2.45) is 0 Å². The number of fused-ring (bicyclic) bond motifs is 8. The molecule has 7 aromatic rings. The first kappa shape index (κ1) is 51.0. The van der Waals surface area contributed by atoms with Crippen LogP contribution in [0.5, 0.6) is 0 Å². The van der Waals surface area contributed by atoms with Crippen LogP contribution in [0.1, 0.15) is 209 Å². The van der Waals surface area contributed by atoms with E-state index in [4.69, 9.17) is 4.98 Å². The third-order valence-electron chi connectivity index (χ3n) is 18.4. The standard InChI is InChI=1S/C69H84BN3S/c1-62(2,3)42-23-21-41(22-24-42)47-35-43(63(4,5)6)26-30-53(47)73-54-39-51-50(68(17,18)33-34-69(51,19)20)38-52(54)70-58-55(73)40-57(65(10,11)12)71-61(58)72(45-27-29-48-49(37-45)67(15,16)32-31-66(48,13)14)59-46-28-25-44(64(7,8)9)36-56(46)74-60(59)70/h21-30,35-40H,31-34H2,1-20H3. The molecule has 0 bridgehead atoms. The van der Waals surface area contributed by atoms with Gasteiger partial charge in [0.05, 0.1) is 17.1 Å². The maximum atomic E-state index is 6.06. The molecule has 4 heterocycles. The van der Waals surface area contributed by atoms with Crippen molar-refractivity contribution < 1.29 is 0 Å². The van der Waals surface area contributed by atoms with Crippen LogP contribution in [0.2, 0.25) is 0 Å². The molecule has 0 atom stereocenters. The highest BCUT2D eigenvalue weighted by atomic mass is 32.1. The molecule has 3 nitrogen and oxygen atoms in total. The van der Waals surface area contributed by atoms with E-state index in [9.17, 15) is 0 Å². The normalized spacial score (nSPS) is 18.4. The van der Waals surface area contributed by atoms with Gasteiger partial charge in [0.15, 0.2) is 0 Å². The molecule has 5 heteroatoms. The lowest BCUT2D eigenvalue weighted by atomic mass is 9.36. The second-order valence-corrected chi connectivity index (χ2v) is 31.0. The van der Waals surface area contributed by atoms with Gasteiger partial charge in [0, 0.05) is 42.9 Å². The molecule has 0 N–H and O–H groups in total. The molecular formula is C69H84BN3S. The van der Waals surface area contributed by atoms with E-state index in [1.54, 1.807) is 0 Å². The Bertz CT molecular complexity index is 3440. The van der Waals surface area contributed by atoms with Crippen LogP contribution >= 0.6 is 11.3 Å². The summed E-state index contributed by atoms with van der Waals surface area (Å²) in [6.07, 6.45) is 4.65. The van der Waals surface area contributed by atoms with E-state index in [2.05, 4.69) is 245 Å². The van der Waals surface area contributed by atoms with Gasteiger partial charge in [-0.1, -0.05) is 193 Å². The predicted octanol–water partition coefficient (Wildman–Crippen LogP) is 17.9. The third-order valence-corrected chi connectivity index (χ3v) is 19.6. The number of nitrogens with zero attached hydrogens (tertiary/aromatic N) is 3. The van der Waals surface area contributed by atoms with Crippen LogP contribution in [0.25, 0.3) is 21.2 Å². The van der Waals surface area contributed by atoms with Crippen LogP contribution in [0.15, 0.2) is 97.1 Å². The largest absolute Gasteiger partial charge is 0.311 e. The minimum Gasteiger partial charge on any atom is -0.311 e. The number of thiophene rings is 1. The number of anilines is 6. The molecular weight excluding hydrogens is 914 g/mol. The van der Waals surface area contributed by atoms with E-state index < -0.39 is 0 Å². The van der Waals surface area contributed by atoms with Crippen LogP contribution in [-0.2, 0) is 43.3 Å². The first-order valence-corrected chi connectivity index (χ1v) is 28.8. The van der Waals surface area contributed by atoms with Crippen LogP contribution in [0.3, 0.4) is 0 Å². The fourth-order valence-corrected chi connectivity index (χ4v) is 14.4. The van der Waals surface area contributed by atoms with Crippen molar-refractivity contribution in [2.75, 3.05) is 9.80 Å². The molecule has 0 amide bonds. The van der Waals surface area contributed by atoms with Gasteiger partial charge in [0.25, 0.3) is 6.71 Å². The van der Waals surface area contributed by atoms with E-state index in [-0.39, 0.29) is 50.0 Å². The van der Waals surface area contributed by atoms with Gasteiger partial charge in [-0.2, -0.15) is 0 Å². The number of rotatable bonds is 3. The summed E-state index contributed by atoms with van der Waals surface area (Å²) < 4.78 is 2.76. The summed E-state index contributed by atoms with van der Waals surface area (Å²) in [5.41, 5.74) is 22.4. The van der Waals surface area contributed by atoms with E-state index in [1.165, 1.54) is 111 Å². The summed E-state index contributed by atoms with van der Waals surface area (Å²) in [7, 11) is 0. The van der Waals surface area contributed by atoms with Gasteiger partial charge < -0.3 is 4.90 Å². The monoisotopic (exact) mass is 998 g/mol. The Hall–Kier alpha value is -5.13. The van der Waals surface area contributed by atoms with Gasteiger partial charge in [-0.25, -0.2) is 4.98 Å². The average molecular weight is 998 g/mol. The lowest BCUT2D eigenvalue weighted by molar-refractivity contribution is 0.332. The number of pyridine rings is 1. The van der Waals surface area contributed by atoms with Crippen molar-refractivity contribution >= 4 is 78.1 Å². The first-order valence-electron chi connectivity index (χ1n) is 28.0. The van der Waals surface area contributed by atoms with Crippen molar-refractivity contribution in [3.63, 3.8) is 0 Å². The van der Waals surface area contributed by atoms with E-state index in [0.29, 0.717) is 0 Å². The minimum atomic E-state index is -0.247. The number of hydrogen-bond acceptors (Lipinski definition) is 4. The van der Waals surface area contributed by atoms with Crippen LogP contribution in [-0.4, -0.2) is 11.7 Å². The Labute approximate surface area is 450 Å². The number of hydrogen-bond donors (Lipinski definition) is 0. The van der Waals surface area contributed by atoms with Gasteiger partial charge >= 0.3 is 0 Å². The molecule has 0 spiro atoms. The highest BCUT2D eigenvalue weighted by Gasteiger charge is 2.50. The quantitative estimate of drug-likeness (QED) is 0.164.